The normalized spacial score (nSPS) is 17.6. The highest BCUT2D eigenvalue weighted by Gasteiger charge is 2.41. The topological polar surface area (TPSA) is 74.7 Å². The molecule has 2 atom stereocenters. The third kappa shape index (κ3) is 7.20. The molecule has 0 bridgehead atoms. The second-order valence-electron chi connectivity index (χ2n) is 12.0. The van der Waals surface area contributed by atoms with Crippen LogP contribution in [0.4, 0.5) is 5.82 Å². The lowest BCUT2D eigenvalue weighted by molar-refractivity contribution is -0.151. The number of carboxylic acid groups (broad SMARTS) is 1. The molecule has 0 radical (unpaired) electrons. The maximum Gasteiger partial charge on any atom is 0.325 e. The quantitative estimate of drug-likeness (QED) is 0.245. The number of rotatable bonds is 15. The molecule has 2 N–H and O–H groups in total. The number of pyridine rings is 1. The summed E-state index contributed by atoms with van der Waals surface area (Å²) in [7, 11) is 0. The summed E-state index contributed by atoms with van der Waals surface area (Å²) in [5.41, 5.74) is 4.54. The maximum absolute atomic E-state index is 12.5. The van der Waals surface area contributed by atoms with E-state index in [0.29, 0.717) is 19.0 Å². The van der Waals surface area contributed by atoms with E-state index in [0.717, 1.165) is 75.9 Å². The van der Waals surface area contributed by atoms with Crippen LogP contribution in [-0.2, 0) is 27.8 Å². The minimum atomic E-state index is -0.772. The Bertz CT molecular complexity index is 1080. The van der Waals surface area contributed by atoms with Crippen molar-refractivity contribution in [3.63, 3.8) is 0 Å². The molecule has 1 fully saturated rings. The van der Waals surface area contributed by atoms with Crippen LogP contribution >= 0.6 is 0 Å². The van der Waals surface area contributed by atoms with E-state index in [1.54, 1.807) is 0 Å². The number of fused-ring (bicyclic) bond motifs is 1. The molecule has 1 saturated heterocycles. The molecular weight excluding hydrogens is 486 g/mol. The molecule has 1 aromatic heterocycles. The number of benzene rings is 1. The summed E-state index contributed by atoms with van der Waals surface area (Å²) in [5.74, 6) is 0.824. The number of ether oxygens (including phenoxy) is 1. The Morgan fingerprint density at radius 1 is 1.15 bits per heavy atom. The minimum Gasteiger partial charge on any atom is -0.480 e. The number of hydrogen-bond donors (Lipinski definition) is 2. The first-order chi connectivity index (χ1) is 18.8. The van der Waals surface area contributed by atoms with Gasteiger partial charge in [-0.15, -0.1) is 0 Å². The van der Waals surface area contributed by atoms with Crippen molar-refractivity contribution < 1.29 is 14.6 Å². The monoisotopic (exact) mass is 535 g/mol. The van der Waals surface area contributed by atoms with E-state index < -0.39 is 12.0 Å². The first-order valence-electron chi connectivity index (χ1n) is 15.3. The van der Waals surface area contributed by atoms with Crippen LogP contribution in [0, 0.1) is 5.92 Å². The molecule has 0 saturated carbocycles. The molecule has 0 aliphatic carbocycles. The van der Waals surface area contributed by atoms with E-state index in [1.165, 1.54) is 23.2 Å². The van der Waals surface area contributed by atoms with E-state index >= 15 is 0 Å². The molecule has 2 unspecified atom stereocenters. The molecule has 1 aromatic carbocycles. The fraction of sp³-hybridized carbons (Fsp3) is 0.636. The number of hydrogen-bond acceptors (Lipinski definition) is 5. The summed E-state index contributed by atoms with van der Waals surface area (Å²) in [4.78, 5) is 19.4. The van der Waals surface area contributed by atoms with E-state index in [1.807, 2.05) is 12.1 Å². The molecule has 0 amide bonds. The van der Waals surface area contributed by atoms with Gasteiger partial charge < -0.3 is 15.2 Å². The van der Waals surface area contributed by atoms with Crippen LogP contribution in [0.5, 0.6) is 0 Å². The number of unbranched alkanes of at least 4 members (excludes halogenated alkanes) is 2. The average molecular weight is 536 g/mol. The van der Waals surface area contributed by atoms with Gasteiger partial charge in [-0.1, -0.05) is 77.3 Å². The molecule has 2 aromatic rings. The number of carbonyl (C=O) groups is 1. The van der Waals surface area contributed by atoms with Gasteiger partial charge in [-0.05, 0) is 72.6 Å². The van der Waals surface area contributed by atoms with Gasteiger partial charge in [-0.3, -0.25) is 9.69 Å². The maximum atomic E-state index is 12.5. The zero-order valence-corrected chi connectivity index (χ0v) is 24.5. The van der Waals surface area contributed by atoms with Crippen LogP contribution in [-0.4, -0.2) is 53.3 Å². The average Bonchev–Trinajstić information content (AvgIpc) is 2.91. The summed E-state index contributed by atoms with van der Waals surface area (Å²) in [6.07, 6.45) is 10.0. The fourth-order valence-electron chi connectivity index (χ4n) is 6.58. The zero-order chi connectivity index (χ0) is 27.8. The summed E-state index contributed by atoms with van der Waals surface area (Å²) in [6.45, 7) is 12.1. The Morgan fingerprint density at radius 3 is 2.69 bits per heavy atom. The van der Waals surface area contributed by atoms with Gasteiger partial charge in [0.2, 0.25) is 0 Å². The van der Waals surface area contributed by atoms with Gasteiger partial charge in [0.05, 0.1) is 6.10 Å². The van der Waals surface area contributed by atoms with Gasteiger partial charge in [0, 0.05) is 31.9 Å². The van der Waals surface area contributed by atoms with Gasteiger partial charge in [-0.25, -0.2) is 4.98 Å². The van der Waals surface area contributed by atoms with Gasteiger partial charge in [0.25, 0.3) is 0 Å². The predicted octanol–water partition coefficient (Wildman–Crippen LogP) is 6.78. The van der Waals surface area contributed by atoms with E-state index in [9.17, 15) is 9.90 Å². The van der Waals surface area contributed by atoms with Crippen LogP contribution in [0.1, 0.15) is 101 Å². The summed E-state index contributed by atoms with van der Waals surface area (Å²) in [5, 5.41) is 13.7. The molecule has 4 rings (SSSR count). The first-order valence-corrected chi connectivity index (χ1v) is 15.3. The Balaban J connectivity index is 1.24. The Morgan fingerprint density at radius 2 is 1.95 bits per heavy atom. The number of anilines is 1. The Kier molecular flexibility index (Phi) is 10.4. The molecule has 39 heavy (non-hydrogen) atoms. The van der Waals surface area contributed by atoms with Crippen LogP contribution in [0.3, 0.4) is 0 Å². The predicted molar refractivity (Wildman–Crippen MR) is 158 cm³/mol. The molecule has 0 spiro atoms. The smallest absolute Gasteiger partial charge is 0.325 e. The Labute approximate surface area is 235 Å². The van der Waals surface area contributed by atoms with E-state index in [-0.39, 0.29) is 11.5 Å². The van der Waals surface area contributed by atoms with Crippen molar-refractivity contribution in [1.29, 1.82) is 0 Å². The van der Waals surface area contributed by atoms with Gasteiger partial charge in [0.1, 0.15) is 11.9 Å². The third-order valence-corrected chi connectivity index (χ3v) is 8.96. The van der Waals surface area contributed by atoms with Crippen molar-refractivity contribution in [1.82, 2.24) is 9.88 Å². The highest BCUT2D eigenvalue weighted by molar-refractivity contribution is 5.76. The lowest BCUT2D eigenvalue weighted by atomic mass is 9.68. The number of aliphatic carboxylic acids is 1. The lowest BCUT2D eigenvalue weighted by Gasteiger charge is -2.44. The van der Waals surface area contributed by atoms with Crippen LogP contribution in [0.15, 0.2) is 36.4 Å². The second-order valence-corrected chi connectivity index (χ2v) is 12.0. The van der Waals surface area contributed by atoms with Crippen LogP contribution < -0.4 is 5.32 Å². The SMILES string of the molecule is CCCC(CC)C(C)(C)c1ccccc1C(C(=O)O)N1CC(OCCCCCc2ccc3c(n2)NCCC3)C1. The van der Waals surface area contributed by atoms with Gasteiger partial charge in [0.15, 0.2) is 0 Å². The van der Waals surface area contributed by atoms with Crippen molar-refractivity contribution in [3.05, 3.63) is 58.8 Å². The van der Waals surface area contributed by atoms with Gasteiger partial charge in [-0.2, -0.15) is 0 Å². The largest absolute Gasteiger partial charge is 0.480 e. The second kappa shape index (κ2) is 13.8. The summed E-state index contributed by atoms with van der Waals surface area (Å²) < 4.78 is 6.13. The molecule has 2 aliphatic rings. The minimum absolute atomic E-state index is 0.0824. The van der Waals surface area contributed by atoms with E-state index in [4.69, 9.17) is 9.72 Å². The number of aromatic nitrogens is 1. The van der Waals surface area contributed by atoms with Gasteiger partial charge >= 0.3 is 5.97 Å². The molecular formula is C33H49N3O3. The number of likely N-dealkylation sites (tertiary alicyclic amines) is 1. The molecule has 2 aliphatic heterocycles. The van der Waals surface area contributed by atoms with E-state index in [2.05, 4.69) is 62.2 Å². The zero-order valence-electron chi connectivity index (χ0n) is 24.5. The summed E-state index contributed by atoms with van der Waals surface area (Å²) >= 11 is 0. The van der Waals surface area contributed by atoms with Crippen molar-refractivity contribution in [2.24, 2.45) is 5.92 Å². The molecule has 3 heterocycles. The highest BCUT2D eigenvalue weighted by atomic mass is 16.5. The number of carboxylic acids is 1. The first kappa shape index (κ1) is 29.5. The molecule has 6 nitrogen and oxygen atoms in total. The van der Waals surface area contributed by atoms with Crippen molar-refractivity contribution in [3.8, 4) is 0 Å². The Hall–Kier alpha value is -2.44. The fourth-order valence-corrected chi connectivity index (χ4v) is 6.58. The molecule has 214 valence electrons. The molecule has 6 heteroatoms. The lowest BCUT2D eigenvalue weighted by Crippen LogP contribution is -2.55. The van der Waals surface area contributed by atoms with Crippen molar-refractivity contribution in [2.45, 2.75) is 103 Å². The number of aryl methyl sites for hydroxylation is 2. The van der Waals surface area contributed by atoms with Crippen LogP contribution in [0.2, 0.25) is 0 Å². The van der Waals surface area contributed by atoms with Crippen LogP contribution in [0.25, 0.3) is 0 Å². The number of nitrogens with zero attached hydrogens (tertiary/aromatic N) is 2. The highest BCUT2D eigenvalue weighted by Crippen LogP contribution is 2.41. The van der Waals surface area contributed by atoms with Crippen molar-refractivity contribution in [2.75, 3.05) is 31.6 Å². The van der Waals surface area contributed by atoms with Crippen molar-refractivity contribution >= 4 is 11.8 Å². The number of nitrogens with one attached hydrogen (secondary N) is 1. The third-order valence-electron chi connectivity index (χ3n) is 8.96. The standard InChI is InChI=1S/C33H49N3O3/c1-5-13-25(6-2)33(3,4)29-17-10-9-16-28(29)30(32(37)38)36-22-27(23-36)39-21-11-7-8-15-26-19-18-24-14-12-20-34-31(24)35-26/h9-10,16-19,25,27,30H,5-8,11-15,20-23H2,1-4H3,(H,34,35)(H,37,38). The summed E-state index contributed by atoms with van der Waals surface area (Å²) in [6, 6.07) is 12.0.